The predicted octanol–water partition coefficient (Wildman–Crippen LogP) is 5.34. The number of pyridine rings is 1. The molecule has 0 unspecified atom stereocenters. The summed E-state index contributed by atoms with van der Waals surface area (Å²) in [4.78, 5) is 19.5. The molecule has 0 bridgehead atoms. The number of fused-ring (bicyclic) bond motifs is 1. The largest absolute Gasteiger partial charge is 0.321 e. The maximum absolute atomic E-state index is 12.3. The molecule has 0 radical (unpaired) electrons. The van der Waals surface area contributed by atoms with E-state index in [0.717, 1.165) is 22.7 Å². The van der Waals surface area contributed by atoms with Crippen molar-refractivity contribution in [1.82, 2.24) is 9.88 Å². The molecule has 2 aliphatic heterocycles. The molecule has 2 saturated heterocycles. The van der Waals surface area contributed by atoms with E-state index in [4.69, 9.17) is 11.6 Å². The zero-order valence-corrected chi connectivity index (χ0v) is 17.5. The Bertz CT molecular complexity index is 794. The Kier molecular flexibility index (Phi) is 6.55. The van der Waals surface area contributed by atoms with Gasteiger partial charge in [-0.15, -0.1) is 11.8 Å². The molecule has 2 aliphatic rings. The molecule has 0 spiro atoms. The van der Waals surface area contributed by atoms with Crippen LogP contribution in [0.3, 0.4) is 0 Å². The molecule has 1 N–H and O–H groups in total. The van der Waals surface area contributed by atoms with Gasteiger partial charge in [0.25, 0.3) is 5.91 Å². The first-order valence-electron chi connectivity index (χ1n) is 10.1. The van der Waals surface area contributed by atoms with Crippen LogP contribution >= 0.6 is 23.4 Å². The first-order chi connectivity index (χ1) is 13.7. The Balaban J connectivity index is 1.30. The fourth-order valence-corrected chi connectivity index (χ4v) is 5.50. The minimum atomic E-state index is -0.154. The third kappa shape index (κ3) is 4.88. The van der Waals surface area contributed by atoms with E-state index in [1.807, 2.05) is 23.9 Å². The van der Waals surface area contributed by atoms with E-state index < -0.39 is 0 Å². The molecule has 1 aromatic heterocycles. The van der Waals surface area contributed by atoms with Crippen LogP contribution in [0.1, 0.15) is 42.5 Å². The van der Waals surface area contributed by atoms with E-state index in [1.165, 1.54) is 45.2 Å². The first-order valence-corrected chi connectivity index (χ1v) is 11.5. The summed E-state index contributed by atoms with van der Waals surface area (Å²) in [6.45, 7) is 2.57. The van der Waals surface area contributed by atoms with Gasteiger partial charge in [0.05, 0.1) is 16.9 Å². The Hall–Kier alpha value is -1.56. The monoisotopic (exact) mass is 415 g/mol. The number of aromatic nitrogens is 1. The summed E-state index contributed by atoms with van der Waals surface area (Å²) in [6, 6.07) is 11.6. The molecule has 1 amide bonds. The normalized spacial score (nSPS) is 22.5. The highest BCUT2D eigenvalue weighted by molar-refractivity contribution is 7.99. The van der Waals surface area contributed by atoms with Crippen LogP contribution in [-0.4, -0.2) is 40.7 Å². The number of carbonyl (C=O) groups is 1. The lowest BCUT2D eigenvalue weighted by Gasteiger charge is -2.44. The molecule has 3 heterocycles. The van der Waals surface area contributed by atoms with Gasteiger partial charge in [-0.3, -0.25) is 4.79 Å². The lowest BCUT2D eigenvalue weighted by atomic mass is 9.85. The molecule has 6 heteroatoms. The van der Waals surface area contributed by atoms with Crippen LogP contribution in [0, 0.1) is 5.92 Å². The van der Waals surface area contributed by atoms with Crippen LogP contribution in [0.15, 0.2) is 47.6 Å². The standard InChI is InChI=1S/C22H26ClN3OS/c23-18-8-6-16(7-9-18)22(27)25-19-10-11-21(24-14-19)28-15-17-4-3-13-26-12-2-1-5-20(17)26/h6-11,14,17,20H,1-5,12-13,15H2,(H,25,27)/t17-,20+/m0/s1. The average molecular weight is 416 g/mol. The molecule has 148 valence electrons. The molecule has 4 rings (SSSR count). The first kappa shape index (κ1) is 19.7. The van der Waals surface area contributed by atoms with E-state index in [9.17, 15) is 4.79 Å². The second-order valence-electron chi connectivity index (χ2n) is 7.66. The van der Waals surface area contributed by atoms with Gasteiger partial charge in [0, 0.05) is 22.4 Å². The van der Waals surface area contributed by atoms with E-state index in [-0.39, 0.29) is 5.91 Å². The summed E-state index contributed by atoms with van der Waals surface area (Å²) in [5.74, 6) is 1.74. The van der Waals surface area contributed by atoms with Crippen molar-refractivity contribution in [3.8, 4) is 0 Å². The van der Waals surface area contributed by atoms with E-state index >= 15 is 0 Å². The summed E-state index contributed by atoms with van der Waals surface area (Å²) in [5.41, 5.74) is 1.29. The molecule has 1 aromatic carbocycles. The van der Waals surface area contributed by atoms with Crippen molar-refractivity contribution in [2.24, 2.45) is 5.92 Å². The van der Waals surface area contributed by atoms with Gasteiger partial charge in [-0.25, -0.2) is 4.98 Å². The Morgan fingerprint density at radius 2 is 1.93 bits per heavy atom. The highest BCUT2D eigenvalue weighted by atomic mass is 35.5. The number of nitrogens with zero attached hydrogens (tertiary/aromatic N) is 2. The number of hydrogen-bond acceptors (Lipinski definition) is 4. The predicted molar refractivity (Wildman–Crippen MR) is 116 cm³/mol. The summed E-state index contributed by atoms with van der Waals surface area (Å²) >= 11 is 7.71. The van der Waals surface area contributed by atoms with Crippen molar-refractivity contribution < 1.29 is 4.79 Å². The number of piperidine rings is 2. The van der Waals surface area contributed by atoms with Crippen molar-refractivity contribution in [3.63, 3.8) is 0 Å². The number of benzene rings is 1. The van der Waals surface area contributed by atoms with Gasteiger partial charge in [0.1, 0.15) is 0 Å². The van der Waals surface area contributed by atoms with Crippen LogP contribution in [0.25, 0.3) is 0 Å². The summed E-state index contributed by atoms with van der Waals surface area (Å²) < 4.78 is 0. The van der Waals surface area contributed by atoms with Crippen LogP contribution in [0.5, 0.6) is 0 Å². The van der Waals surface area contributed by atoms with Gasteiger partial charge in [-0.1, -0.05) is 18.0 Å². The van der Waals surface area contributed by atoms with E-state index in [1.54, 1.807) is 30.5 Å². The second kappa shape index (κ2) is 9.29. The van der Waals surface area contributed by atoms with Crippen LogP contribution in [-0.2, 0) is 0 Å². The highest BCUT2D eigenvalue weighted by Gasteiger charge is 2.32. The summed E-state index contributed by atoms with van der Waals surface area (Å²) in [6.07, 6.45) is 8.50. The number of anilines is 1. The van der Waals surface area contributed by atoms with Crippen molar-refractivity contribution in [2.75, 3.05) is 24.2 Å². The maximum Gasteiger partial charge on any atom is 0.255 e. The third-order valence-corrected chi connectivity index (χ3v) is 7.16. The van der Waals surface area contributed by atoms with Crippen molar-refractivity contribution >= 4 is 35.0 Å². The van der Waals surface area contributed by atoms with Gasteiger partial charge in [-0.05, 0) is 81.1 Å². The average Bonchev–Trinajstić information content (AvgIpc) is 2.73. The fraction of sp³-hybridized carbons (Fsp3) is 0.455. The number of amides is 1. The molecule has 28 heavy (non-hydrogen) atoms. The van der Waals surface area contributed by atoms with Gasteiger partial charge in [-0.2, -0.15) is 0 Å². The Morgan fingerprint density at radius 1 is 1.11 bits per heavy atom. The molecule has 0 aliphatic carbocycles. The number of nitrogens with one attached hydrogen (secondary N) is 1. The number of hydrogen-bond donors (Lipinski definition) is 1. The minimum absolute atomic E-state index is 0.154. The molecule has 2 atom stereocenters. The smallest absolute Gasteiger partial charge is 0.255 e. The molecular formula is C22H26ClN3OS. The van der Waals surface area contributed by atoms with Gasteiger partial charge >= 0.3 is 0 Å². The van der Waals surface area contributed by atoms with Gasteiger partial charge in [0.2, 0.25) is 0 Å². The third-order valence-electron chi connectivity index (χ3n) is 5.77. The van der Waals surface area contributed by atoms with Crippen molar-refractivity contribution in [1.29, 1.82) is 0 Å². The lowest BCUT2D eigenvalue weighted by molar-refractivity contribution is 0.0693. The van der Waals surface area contributed by atoms with Gasteiger partial charge in [0.15, 0.2) is 0 Å². The zero-order chi connectivity index (χ0) is 19.3. The van der Waals surface area contributed by atoms with Crippen LogP contribution < -0.4 is 5.32 Å². The summed E-state index contributed by atoms with van der Waals surface area (Å²) in [7, 11) is 0. The van der Waals surface area contributed by atoms with E-state index in [0.29, 0.717) is 16.3 Å². The minimum Gasteiger partial charge on any atom is -0.321 e. The highest BCUT2D eigenvalue weighted by Crippen LogP contribution is 2.34. The quantitative estimate of drug-likeness (QED) is 0.669. The Morgan fingerprint density at radius 3 is 2.71 bits per heavy atom. The molecule has 0 saturated carbocycles. The van der Waals surface area contributed by atoms with Crippen LogP contribution in [0.4, 0.5) is 5.69 Å². The molecule has 2 fully saturated rings. The number of thioether (sulfide) groups is 1. The SMILES string of the molecule is O=C(Nc1ccc(SC[C@@H]2CCCN3CCCC[C@H]23)nc1)c1ccc(Cl)cc1. The lowest BCUT2D eigenvalue weighted by Crippen LogP contribution is -2.48. The number of carbonyl (C=O) groups excluding carboxylic acids is 1. The van der Waals surface area contributed by atoms with E-state index in [2.05, 4.69) is 15.2 Å². The topological polar surface area (TPSA) is 45.2 Å². The zero-order valence-electron chi connectivity index (χ0n) is 15.9. The number of halogens is 1. The number of rotatable bonds is 5. The van der Waals surface area contributed by atoms with Crippen molar-refractivity contribution in [2.45, 2.75) is 43.2 Å². The maximum atomic E-state index is 12.3. The molecular weight excluding hydrogens is 390 g/mol. The van der Waals surface area contributed by atoms with Crippen molar-refractivity contribution in [3.05, 3.63) is 53.2 Å². The molecule has 2 aromatic rings. The Labute approximate surface area is 176 Å². The molecule has 4 nitrogen and oxygen atoms in total. The fourth-order valence-electron chi connectivity index (χ4n) is 4.31. The van der Waals surface area contributed by atoms with Gasteiger partial charge < -0.3 is 10.2 Å². The summed E-state index contributed by atoms with van der Waals surface area (Å²) in [5, 5.41) is 4.53. The van der Waals surface area contributed by atoms with Crippen LogP contribution in [0.2, 0.25) is 5.02 Å². The second-order valence-corrected chi connectivity index (χ2v) is 9.14.